The minimum absolute atomic E-state index is 0.00386. The molecule has 4 N–H and O–H groups in total. The fourth-order valence-corrected chi connectivity index (χ4v) is 2.00. The number of halogens is 1. The molecule has 0 saturated heterocycles. The molecular formula is C17H18FN3O3. The second-order valence-corrected chi connectivity index (χ2v) is 5.03. The van der Waals surface area contributed by atoms with E-state index >= 15 is 0 Å². The van der Waals surface area contributed by atoms with Crippen LogP contribution in [0.25, 0.3) is 0 Å². The van der Waals surface area contributed by atoms with Crippen molar-refractivity contribution in [3.8, 4) is 0 Å². The Kier molecular flexibility index (Phi) is 6.41. The van der Waals surface area contributed by atoms with E-state index in [4.69, 9.17) is 10.6 Å². The second kappa shape index (κ2) is 8.76. The van der Waals surface area contributed by atoms with E-state index in [0.717, 1.165) is 11.6 Å². The number of rotatable bonds is 7. The van der Waals surface area contributed by atoms with Crippen LogP contribution in [0.2, 0.25) is 0 Å². The Morgan fingerprint density at radius 1 is 1.12 bits per heavy atom. The Morgan fingerprint density at radius 2 is 1.88 bits per heavy atom. The number of hydrazine groups is 1. The first kappa shape index (κ1) is 17.6. The van der Waals surface area contributed by atoms with Crippen LogP contribution < -0.4 is 16.6 Å². The summed E-state index contributed by atoms with van der Waals surface area (Å²) in [6.45, 7) is 0.208. The van der Waals surface area contributed by atoms with Crippen LogP contribution >= 0.6 is 0 Å². The zero-order valence-electron chi connectivity index (χ0n) is 12.9. The van der Waals surface area contributed by atoms with Crippen LogP contribution in [0.4, 0.5) is 4.39 Å². The smallest absolute Gasteiger partial charge is 0.265 e. The largest absolute Gasteiger partial charge is 0.367 e. The lowest BCUT2D eigenvalue weighted by Crippen LogP contribution is -2.30. The van der Waals surface area contributed by atoms with Crippen molar-refractivity contribution in [2.24, 2.45) is 5.84 Å². The standard InChI is InChI=1S/C17H18FN3O3/c18-15-8-13(17(23)21-19)6-7-14(15)9-20-16(22)11-24-10-12-4-2-1-3-5-12/h1-8H,9-11,19H2,(H,20,22)(H,21,23). The molecule has 2 aromatic rings. The number of carbonyl (C=O) groups excluding carboxylic acids is 2. The summed E-state index contributed by atoms with van der Waals surface area (Å²) in [4.78, 5) is 23.0. The first-order valence-corrected chi connectivity index (χ1v) is 7.28. The molecule has 0 aliphatic rings. The Hall–Kier alpha value is -2.77. The topological polar surface area (TPSA) is 93.5 Å². The second-order valence-electron chi connectivity index (χ2n) is 5.03. The summed E-state index contributed by atoms with van der Waals surface area (Å²) in [5.74, 6) is 3.45. The van der Waals surface area contributed by atoms with Gasteiger partial charge in [0.1, 0.15) is 12.4 Å². The molecule has 0 aliphatic heterocycles. The van der Waals surface area contributed by atoms with Gasteiger partial charge in [0.2, 0.25) is 5.91 Å². The molecule has 0 aromatic heterocycles. The van der Waals surface area contributed by atoms with Gasteiger partial charge in [0.05, 0.1) is 6.61 Å². The molecule has 0 fully saturated rings. The van der Waals surface area contributed by atoms with E-state index in [-0.39, 0.29) is 30.2 Å². The molecule has 0 radical (unpaired) electrons. The third kappa shape index (κ3) is 5.15. The van der Waals surface area contributed by atoms with Crippen molar-refractivity contribution in [1.82, 2.24) is 10.7 Å². The quantitative estimate of drug-likeness (QED) is 0.404. The minimum atomic E-state index is -0.596. The highest BCUT2D eigenvalue weighted by molar-refractivity contribution is 5.93. The minimum Gasteiger partial charge on any atom is -0.367 e. The number of hydrogen-bond donors (Lipinski definition) is 3. The van der Waals surface area contributed by atoms with Crippen molar-refractivity contribution in [2.45, 2.75) is 13.2 Å². The Balaban J connectivity index is 1.78. The summed E-state index contributed by atoms with van der Waals surface area (Å²) in [6.07, 6.45) is 0. The lowest BCUT2D eigenvalue weighted by atomic mass is 10.1. The highest BCUT2D eigenvalue weighted by Crippen LogP contribution is 2.10. The summed E-state index contributed by atoms with van der Waals surface area (Å²) in [5.41, 5.74) is 3.26. The number of nitrogen functional groups attached to an aromatic ring is 1. The number of amides is 2. The van der Waals surface area contributed by atoms with Gasteiger partial charge >= 0.3 is 0 Å². The van der Waals surface area contributed by atoms with Crippen LogP contribution in [-0.2, 0) is 22.7 Å². The highest BCUT2D eigenvalue weighted by Gasteiger charge is 2.10. The third-order valence-electron chi connectivity index (χ3n) is 3.27. The third-order valence-corrected chi connectivity index (χ3v) is 3.27. The van der Waals surface area contributed by atoms with Gasteiger partial charge in [-0.3, -0.25) is 15.0 Å². The van der Waals surface area contributed by atoms with E-state index < -0.39 is 11.7 Å². The van der Waals surface area contributed by atoms with Crippen molar-refractivity contribution in [3.63, 3.8) is 0 Å². The van der Waals surface area contributed by atoms with Gasteiger partial charge in [0.15, 0.2) is 0 Å². The normalized spacial score (nSPS) is 10.2. The van der Waals surface area contributed by atoms with Crippen molar-refractivity contribution < 1.29 is 18.7 Å². The predicted octanol–water partition coefficient (Wildman–Crippen LogP) is 1.26. The average molecular weight is 331 g/mol. The zero-order chi connectivity index (χ0) is 17.4. The summed E-state index contributed by atoms with van der Waals surface area (Å²) in [6, 6.07) is 13.4. The van der Waals surface area contributed by atoms with Gasteiger partial charge in [-0.25, -0.2) is 10.2 Å². The van der Waals surface area contributed by atoms with Crippen molar-refractivity contribution in [2.75, 3.05) is 6.61 Å². The molecule has 0 atom stereocenters. The summed E-state index contributed by atoms with van der Waals surface area (Å²) >= 11 is 0. The molecule has 0 spiro atoms. The SMILES string of the molecule is NNC(=O)c1ccc(CNC(=O)COCc2ccccc2)c(F)c1. The molecule has 6 nitrogen and oxygen atoms in total. The number of nitrogens with one attached hydrogen (secondary N) is 2. The zero-order valence-corrected chi connectivity index (χ0v) is 12.9. The van der Waals surface area contributed by atoms with Crippen LogP contribution in [0.5, 0.6) is 0 Å². The first-order valence-electron chi connectivity index (χ1n) is 7.28. The average Bonchev–Trinajstić information content (AvgIpc) is 2.61. The summed E-state index contributed by atoms with van der Waals surface area (Å²) in [7, 11) is 0. The summed E-state index contributed by atoms with van der Waals surface area (Å²) in [5, 5.41) is 2.56. The highest BCUT2D eigenvalue weighted by atomic mass is 19.1. The summed E-state index contributed by atoms with van der Waals surface area (Å²) < 4.78 is 19.2. The molecule has 0 bridgehead atoms. The van der Waals surface area contributed by atoms with Gasteiger partial charge in [-0.15, -0.1) is 0 Å². The molecule has 7 heteroatoms. The van der Waals surface area contributed by atoms with Gasteiger partial charge in [-0.1, -0.05) is 36.4 Å². The van der Waals surface area contributed by atoms with Crippen LogP contribution in [0, 0.1) is 5.82 Å². The van der Waals surface area contributed by atoms with E-state index in [1.807, 2.05) is 35.8 Å². The van der Waals surface area contributed by atoms with Gasteiger partial charge in [0, 0.05) is 17.7 Å². The van der Waals surface area contributed by atoms with Crippen molar-refractivity contribution in [1.29, 1.82) is 0 Å². The van der Waals surface area contributed by atoms with E-state index in [9.17, 15) is 14.0 Å². The van der Waals surface area contributed by atoms with Crippen LogP contribution in [0.1, 0.15) is 21.5 Å². The molecule has 126 valence electrons. The van der Waals surface area contributed by atoms with E-state index in [2.05, 4.69) is 5.32 Å². The molecule has 2 amide bonds. The fraction of sp³-hybridized carbons (Fsp3) is 0.176. The first-order chi connectivity index (χ1) is 11.6. The number of hydrogen-bond acceptors (Lipinski definition) is 4. The molecule has 2 aromatic carbocycles. The van der Waals surface area contributed by atoms with Crippen LogP contribution in [0.3, 0.4) is 0 Å². The maximum atomic E-state index is 13.9. The van der Waals surface area contributed by atoms with Crippen LogP contribution in [-0.4, -0.2) is 18.4 Å². The Labute approximate surface area is 138 Å². The lowest BCUT2D eigenvalue weighted by Gasteiger charge is -2.08. The molecule has 24 heavy (non-hydrogen) atoms. The lowest BCUT2D eigenvalue weighted by molar-refractivity contribution is -0.126. The molecular weight excluding hydrogens is 313 g/mol. The van der Waals surface area contributed by atoms with Gasteiger partial charge in [-0.05, 0) is 17.7 Å². The Morgan fingerprint density at radius 3 is 2.54 bits per heavy atom. The van der Waals surface area contributed by atoms with Gasteiger partial charge < -0.3 is 10.1 Å². The monoisotopic (exact) mass is 331 g/mol. The molecule has 2 rings (SSSR count). The maximum Gasteiger partial charge on any atom is 0.265 e. The Bertz CT molecular complexity index is 707. The molecule has 0 unspecified atom stereocenters. The van der Waals surface area contributed by atoms with Gasteiger partial charge in [0.25, 0.3) is 5.91 Å². The number of benzene rings is 2. The van der Waals surface area contributed by atoms with Crippen molar-refractivity contribution >= 4 is 11.8 Å². The maximum absolute atomic E-state index is 13.9. The fourth-order valence-electron chi connectivity index (χ4n) is 2.00. The van der Waals surface area contributed by atoms with Gasteiger partial charge in [-0.2, -0.15) is 0 Å². The van der Waals surface area contributed by atoms with E-state index in [1.54, 1.807) is 0 Å². The molecule has 0 aliphatic carbocycles. The number of nitrogens with two attached hydrogens (primary N) is 1. The van der Waals surface area contributed by atoms with Crippen LogP contribution in [0.15, 0.2) is 48.5 Å². The molecule has 0 saturated carbocycles. The van der Waals surface area contributed by atoms with Crippen molar-refractivity contribution in [3.05, 3.63) is 71.0 Å². The van der Waals surface area contributed by atoms with E-state index in [0.29, 0.717) is 6.61 Å². The molecule has 0 heterocycles. The predicted molar refractivity (Wildman–Crippen MR) is 86.0 cm³/mol. The number of ether oxygens (including phenoxy) is 1. The number of carbonyl (C=O) groups is 2. The van der Waals surface area contributed by atoms with E-state index in [1.165, 1.54) is 12.1 Å².